The molecule has 0 unspecified atom stereocenters. The van der Waals surface area contributed by atoms with Gasteiger partial charge in [-0.15, -0.1) is 0 Å². The molecule has 0 radical (unpaired) electrons. The molecule has 2 aromatic heterocycles. The molecule has 0 aliphatic rings. The zero-order chi connectivity index (χ0) is 10.8. The molecular formula is C12H11N3. The van der Waals surface area contributed by atoms with Crippen molar-refractivity contribution in [2.24, 2.45) is 7.05 Å². The molecule has 0 N–H and O–H groups in total. The molecule has 15 heavy (non-hydrogen) atoms. The highest BCUT2D eigenvalue weighted by Crippen LogP contribution is 2.22. The molecule has 0 aliphatic heterocycles. The summed E-state index contributed by atoms with van der Waals surface area (Å²) >= 11 is 0. The standard InChI is InChI=1S/C12H11N3/c1-9-10(8-13)7-12(15(9)2)11-5-3-4-6-14-11/h3-7H,1-2H3. The van der Waals surface area contributed by atoms with E-state index in [1.807, 2.05) is 42.8 Å². The molecule has 3 nitrogen and oxygen atoms in total. The number of nitriles is 1. The summed E-state index contributed by atoms with van der Waals surface area (Å²) in [5.41, 5.74) is 3.55. The van der Waals surface area contributed by atoms with E-state index in [9.17, 15) is 0 Å². The van der Waals surface area contributed by atoms with Gasteiger partial charge in [-0.3, -0.25) is 4.98 Å². The highest BCUT2D eigenvalue weighted by molar-refractivity contribution is 5.60. The summed E-state index contributed by atoms with van der Waals surface area (Å²) in [7, 11) is 1.94. The number of rotatable bonds is 1. The largest absolute Gasteiger partial charge is 0.345 e. The monoisotopic (exact) mass is 197 g/mol. The fraction of sp³-hybridized carbons (Fsp3) is 0.167. The Morgan fingerprint density at radius 2 is 2.20 bits per heavy atom. The second-order valence-corrected chi connectivity index (χ2v) is 3.41. The third kappa shape index (κ3) is 1.50. The first-order chi connectivity index (χ1) is 7.24. The Kier molecular flexibility index (Phi) is 2.26. The molecule has 0 aromatic carbocycles. The van der Waals surface area contributed by atoms with Crippen molar-refractivity contribution in [1.29, 1.82) is 5.26 Å². The number of nitrogens with zero attached hydrogens (tertiary/aromatic N) is 3. The predicted octanol–water partition coefficient (Wildman–Crippen LogP) is 2.27. The van der Waals surface area contributed by atoms with Gasteiger partial charge in [-0.2, -0.15) is 5.26 Å². The third-order valence-corrected chi connectivity index (χ3v) is 2.58. The van der Waals surface area contributed by atoms with Gasteiger partial charge in [-0.1, -0.05) is 6.07 Å². The summed E-state index contributed by atoms with van der Waals surface area (Å²) in [6, 6.07) is 9.81. The van der Waals surface area contributed by atoms with Gasteiger partial charge in [0.05, 0.1) is 17.0 Å². The summed E-state index contributed by atoms with van der Waals surface area (Å²) in [6.45, 7) is 1.94. The Morgan fingerprint density at radius 3 is 2.73 bits per heavy atom. The quantitative estimate of drug-likeness (QED) is 0.703. The molecule has 0 amide bonds. The van der Waals surface area contributed by atoms with E-state index >= 15 is 0 Å². The van der Waals surface area contributed by atoms with Crippen LogP contribution < -0.4 is 0 Å². The second-order valence-electron chi connectivity index (χ2n) is 3.41. The minimum absolute atomic E-state index is 0.707. The minimum atomic E-state index is 0.707. The van der Waals surface area contributed by atoms with Crippen molar-refractivity contribution >= 4 is 0 Å². The topological polar surface area (TPSA) is 41.6 Å². The van der Waals surface area contributed by atoms with E-state index in [4.69, 9.17) is 5.26 Å². The second kappa shape index (κ2) is 3.58. The van der Waals surface area contributed by atoms with Crippen LogP contribution in [-0.2, 0) is 7.05 Å². The molecule has 2 heterocycles. The van der Waals surface area contributed by atoms with Gasteiger partial charge in [0.25, 0.3) is 0 Å². The molecule has 0 spiro atoms. The summed E-state index contributed by atoms with van der Waals surface area (Å²) in [5.74, 6) is 0. The van der Waals surface area contributed by atoms with Crippen LogP contribution in [0.1, 0.15) is 11.3 Å². The van der Waals surface area contributed by atoms with Gasteiger partial charge in [0.1, 0.15) is 6.07 Å². The predicted molar refractivity (Wildman–Crippen MR) is 58.1 cm³/mol. The van der Waals surface area contributed by atoms with E-state index in [0.717, 1.165) is 17.1 Å². The summed E-state index contributed by atoms with van der Waals surface area (Å²) < 4.78 is 1.99. The van der Waals surface area contributed by atoms with Crippen LogP contribution in [0.15, 0.2) is 30.5 Å². The lowest BCUT2D eigenvalue weighted by molar-refractivity contribution is 0.884. The Balaban J connectivity index is 2.61. The molecule has 0 saturated heterocycles. The van der Waals surface area contributed by atoms with Crippen LogP contribution in [0.2, 0.25) is 0 Å². The van der Waals surface area contributed by atoms with Crippen LogP contribution in [0.25, 0.3) is 11.4 Å². The van der Waals surface area contributed by atoms with Gasteiger partial charge >= 0.3 is 0 Å². The Morgan fingerprint density at radius 1 is 1.40 bits per heavy atom. The van der Waals surface area contributed by atoms with Gasteiger partial charge in [-0.05, 0) is 25.1 Å². The van der Waals surface area contributed by atoms with Crippen LogP contribution in [0.5, 0.6) is 0 Å². The molecule has 74 valence electrons. The van der Waals surface area contributed by atoms with Crippen molar-refractivity contribution in [3.63, 3.8) is 0 Å². The van der Waals surface area contributed by atoms with Crippen molar-refractivity contribution in [3.05, 3.63) is 41.7 Å². The fourth-order valence-electron chi connectivity index (χ4n) is 1.57. The van der Waals surface area contributed by atoms with E-state index in [1.54, 1.807) is 6.20 Å². The highest BCUT2D eigenvalue weighted by atomic mass is 15.0. The van der Waals surface area contributed by atoms with Gasteiger partial charge in [-0.25, -0.2) is 0 Å². The van der Waals surface area contributed by atoms with Gasteiger partial charge in [0.15, 0.2) is 0 Å². The van der Waals surface area contributed by atoms with E-state index in [0.29, 0.717) is 5.56 Å². The molecule has 0 fully saturated rings. The number of pyridine rings is 1. The maximum absolute atomic E-state index is 8.92. The lowest BCUT2D eigenvalue weighted by atomic mass is 10.2. The van der Waals surface area contributed by atoms with E-state index in [1.165, 1.54) is 0 Å². The van der Waals surface area contributed by atoms with E-state index in [-0.39, 0.29) is 0 Å². The molecular weight excluding hydrogens is 186 g/mol. The number of hydrogen-bond acceptors (Lipinski definition) is 2. The first-order valence-electron chi connectivity index (χ1n) is 4.72. The van der Waals surface area contributed by atoms with E-state index < -0.39 is 0 Å². The zero-order valence-electron chi connectivity index (χ0n) is 8.73. The van der Waals surface area contributed by atoms with Crippen LogP contribution in [0.4, 0.5) is 0 Å². The normalized spacial score (nSPS) is 9.93. The third-order valence-electron chi connectivity index (χ3n) is 2.58. The molecule has 2 aromatic rings. The molecule has 0 saturated carbocycles. The Bertz CT molecular complexity index is 518. The van der Waals surface area contributed by atoms with Crippen molar-refractivity contribution in [2.45, 2.75) is 6.92 Å². The van der Waals surface area contributed by atoms with Crippen LogP contribution in [-0.4, -0.2) is 9.55 Å². The van der Waals surface area contributed by atoms with Gasteiger partial charge in [0.2, 0.25) is 0 Å². The minimum Gasteiger partial charge on any atom is -0.345 e. The fourth-order valence-corrected chi connectivity index (χ4v) is 1.57. The number of aromatic nitrogens is 2. The maximum atomic E-state index is 8.92. The molecule has 2 rings (SSSR count). The zero-order valence-corrected chi connectivity index (χ0v) is 8.73. The maximum Gasteiger partial charge on any atom is 0.101 e. The molecule has 0 atom stereocenters. The lowest BCUT2D eigenvalue weighted by Gasteiger charge is -2.03. The van der Waals surface area contributed by atoms with Gasteiger partial charge < -0.3 is 4.57 Å². The van der Waals surface area contributed by atoms with Crippen LogP contribution in [0, 0.1) is 18.3 Å². The number of hydrogen-bond donors (Lipinski definition) is 0. The lowest BCUT2D eigenvalue weighted by Crippen LogP contribution is -1.95. The van der Waals surface area contributed by atoms with Crippen LogP contribution in [0.3, 0.4) is 0 Å². The summed E-state index contributed by atoms with van der Waals surface area (Å²) in [5, 5.41) is 8.92. The molecule has 0 aliphatic carbocycles. The van der Waals surface area contributed by atoms with E-state index in [2.05, 4.69) is 11.1 Å². The SMILES string of the molecule is Cc1c(C#N)cc(-c2ccccn2)n1C. The van der Waals surface area contributed by atoms with Crippen molar-refractivity contribution in [2.75, 3.05) is 0 Å². The average molecular weight is 197 g/mol. The average Bonchev–Trinajstić information content (AvgIpc) is 2.57. The molecule has 0 bridgehead atoms. The highest BCUT2D eigenvalue weighted by Gasteiger charge is 2.10. The first-order valence-corrected chi connectivity index (χ1v) is 4.72. The summed E-state index contributed by atoms with van der Waals surface area (Å²) in [6.07, 6.45) is 1.75. The van der Waals surface area contributed by atoms with Crippen molar-refractivity contribution < 1.29 is 0 Å². The van der Waals surface area contributed by atoms with Gasteiger partial charge in [0, 0.05) is 18.9 Å². The van der Waals surface area contributed by atoms with Crippen LogP contribution >= 0.6 is 0 Å². The van der Waals surface area contributed by atoms with Crippen molar-refractivity contribution in [1.82, 2.24) is 9.55 Å². The smallest absolute Gasteiger partial charge is 0.101 e. The Labute approximate surface area is 88.6 Å². The summed E-state index contributed by atoms with van der Waals surface area (Å²) in [4.78, 5) is 4.27. The Hall–Kier alpha value is -2.08. The van der Waals surface area contributed by atoms with Crippen molar-refractivity contribution in [3.8, 4) is 17.5 Å². The molecule has 3 heteroatoms. The first kappa shape index (κ1) is 9.47.